The number of hydrogen-bond donors (Lipinski definition) is 2. The minimum Gasteiger partial charge on any atom is -0.506 e. The zero-order valence-corrected chi connectivity index (χ0v) is 16.0. The van der Waals surface area contributed by atoms with E-state index in [1.54, 1.807) is 24.3 Å². The molecule has 0 saturated heterocycles. The first-order valence-electron chi connectivity index (χ1n) is 8.48. The first kappa shape index (κ1) is 17.6. The predicted molar refractivity (Wildman–Crippen MR) is 110 cm³/mol. The highest BCUT2D eigenvalue weighted by molar-refractivity contribution is 7.22. The maximum Gasteiger partial charge on any atom is 0.260 e. The quantitative estimate of drug-likeness (QED) is 0.446. The number of rotatable bonds is 4. The Morgan fingerprint density at radius 3 is 2.59 bits per heavy atom. The fourth-order valence-corrected chi connectivity index (χ4v) is 4.57. The van der Waals surface area contributed by atoms with Crippen molar-refractivity contribution in [3.8, 4) is 28.4 Å². The van der Waals surface area contributed by atoms with Crippen molar-refractivity contribution in [3.05, 3.63) is 74.9 Å². The van der Waals surface area contributed by atoms with Gasteiger partial charge in [-0.3, -0.25) is 4.79 Å². The van der Waals surface area contributed by atoms with Gasteiger partial charge >= 0.3 is 0 Å². The number of aromatic nitrogens is 1. The van der Waals surface area contributed by atoms with Crippen LogP contribution in [0.2, 0.25) is 4.34 Å². The Labute approximate surface area is 164 Å². The summed E-state index contributed by atoms with van der Waals surface area (Å²) >= 11 is 7.54. The molecule has 4 rings (SSSR count). The van der Waals surface area contributed by atoms with E-state index in [4.69, 9.17) is 16.3 Å². The van der Waals surface area contributed by atoms with E-state index in [9.17, 15) is 9.90 Å². The average Bonchev–Trinajstić information content (AvgIpc) is 2.98. The van der Waals surface area contributed by atoms with Crippen molar-refractivity contribution in [1.82, 2.24) is 4.98 Å². The van der Waals surface area contributed by atoms with Crippen LogP contribution in [0.25, 0.3) is 21.3 Å². The van der Waals surface area contributed by atoms with Crippen LogP contribution in [-0.2, 0) is 6.42 Å². The molecule has 4 aromatic rings. The van der Waals surface area contributed by atoms with Crippen LogP contribution in [0.1, 0.15) is 12.5 Å². The lowest BCUT2D eigenvalue weighted by molar-refractivity contribution is 0.480. The summed E-state index contributed by atoms with van der Waals surface area (Å²) < 4.78 is 6.42. The van der Waals surface area contributed by atoms with Gasteiger partial charge in [-0.1, -0.05) is 48.9 Å². The highest BCUT2D eigenvalue weighted by atomic mass is 35.5. The molecule has 0 unspecified atom stereocenters. The minimum absolute atomic E-state index is 0.0504. The van der Waals surface area contributed by atoms with Crippen molar-refractivity contribution in [2.45, 2.75) is 13.3 Å². The molecule has 0 amide bonds. The highest BCUT2D eigenvalue weighted by Gasteiger charge is 2.20. The standard InChI is InChI=1S/C21H16ClNO3S/c1-2-15-17-18(24)16(20(25)23-21(17)27-19(15)22)12-7-6-10-14(11-12)26-13-8-4-3-5-9-13/h3-11H,2H2,1H3,(H2,23,24,25). The van der Waals surface area contributed by atoms with Crippen molar-refractivity contribution in [3.63, 3.8) is 0 Å². The maximum atomic E-state index is 12.6. The molecule has 2 heterocycles. The van der Waals surface area contributed by atoms with Crippen molar-refractivity contribution in [2.75, 3.05) is 0 Å². The number of nitrogens with one attached hydrogen (secondary N) is 1. The summed E-state index contributed by atoms with van der Waals surface area (Å²) in [4.78, 5) is 16.1. The third-order valence-electron chi connectivity index (χ3n) is 4.34. The van der Waals surface area contributed by atoms with Crippen molar-refractivity contribution >= 4 is 33.2 Å². The number of pyridine rings is 1. The van der Waals surface area contributed by atoms with Crippen LogP contribution in [0.5, 0.6) is 17.2 Å². The Morgan fingerprint density at radius 1 is 1.11 bits per heavy atom. The van der Waals surface area contributed by atoms with Gasteiger partial charge in [-0.15, -0.1) is 11.3 Å². The lowest BCUT2D eigenvalue weighted by Crippen LogP contribution is -2.08. The van der Waals surface area contributed by atoms with Crippen LogP contribution in [0, 0.1) is 0 Å². The SMILES string of the molecule is CCc1c(Cl)sc2[nH]c(=O)c(-c3cccc(Oc4ccccc4)c3)c(O)c12. The number of aryl methyl sites for hydroxylation is 1. The fraction of sp³-hybridized carbons (Fsp3) is 0.0952. The van der Waals surface area contributed by atoms with Crippen LogP contribution in [0.3, 0.4) is 0 Å². The second-order valence-electron chi connectivity index (χ2n) is 6.03. The Balaban J connectivity index is 1.85. The molecular weight excluding hydrogens is 382 g/mol. The maximum absolute atomic E-state index is 12.6. The molecule has 0 aliphatic heterocycles. The molecular formula is C21H16ClNO3S. The van der Waals surface area contributed by atoms with E-state index in [-0.39, 0.29) is 16.9 Å². The number of ether oxygens (including phenoxy) is 1. The van der Waals surface area contributed by atoms with Crippen molar-refractivity contribution in [2.24, 2.45) is 0 Å². The summed E-state index contributed by atoms with van der Waals surface area (Å²) in [5.41, 5.74) is 1.26. The van der Waals surface area contributed by atoms with Gasteiger partial charge in [0.15, 0.2) is 0 Å². The van der Waals surface area contributed by atoms with E-state index in [1.807, 2.05) is 37.3 Å². The number of para-hydroxylation sites is 1. The van der Waals surface area contributed by atoms with Crippen LogP contribution in [0.4, 0.5) is 0 Å². The second-order valence-corrected chi connectivity index (χ2v) is 7.66. The van der Waals surface area contributed by atoms with Crippen LogP contribution < -0.4 is 10.3 Å². The number of halogens is 1. The topological polar surface area (TPSA) is 62.3 Å². The lowest BCUT2D eigenvalue weighted by Gasteiger charge is -2.09. The number of thiophene rings is 1. The molecule has 136 valence electrons. The molecule has 6 heteroatoms. The van der Waals surface area contributed by atoms with Gasteiger partial charge in [0.2, 0.25) is 0 Å². The summed E-state index contributed by atoms with van der Waals surface area (Å²) in [6.07, 6.45) is 0.662. The van der Waals surface area contributed by atoms with Gasteiger partial charge in [0.05, 0.1) is 15.3 Å². The lowest BCUT2D eigenvalue weighted by atomic mass is 10.0. The zero-order valence-electron chi connectivity index (χ0n) is 14.5. The fourth-order valence-electron chi connectivity index (χ4n) is 3.10. The summed E-state index contributed by atoms with van der Waals surface area (Å²) in [5.74, 6) is 1.23. The van der Waals surface area contributed by atoms with Crippen LogP contribution in [0.15, 0.2) is 59.4 Å². The normalized spacial score (nSPS) is 11.0. The van der Waals surface area contributed by atoms with Crippen LogP contribution in [-0.4, -0.2) is 10.1 Å². The van der Waals surface area contributed by atoms with E-state index in [0.717, 1.165) is 5.56 Å². The van der Waals surface area contributed by atoms with Crippen molar-refractivity contribution in [1.29, 1.82) is 0 Å². The number of hydrogen-bond acceptors (Lipinski definition) is 4. The second kappa shape index (κ2) is 7.10. The zero-order chi connectivity index (χ0) is 19.0. The Morgan fingerprint density at radius 2 is 1.85 bits per heavy atom. The average molecular weight is 398 g/mol. The number of H-pyrrole nitrogens is 1. The van der Waals surface area contributed by atoms with E-state index in [0.29, 0.717) is 38.0 Å². The number of aromatic hydroxyl groups is 1. The summed E-state index contributed by atoms with van der Waals surface area (Å²) in [7, 11) is 0. The minimum atomic E-state index is -0.363. The molecule has 0 aliphatic carbocycles. The molecule has 4 nitrogen and oxygen atoms in total. The molecule has 0 fully saturated rings. The van der Waals surface area contributed by atoms with E-state index < -0.39 is 0 Å². The summed E-state index contributed by atoms with van der Waals surface area (Å²) in [5, 5.41) is 11.5. The van der Waals surface area contributed by atoms with Gasteiger partial charge in [0.25, 0.3) is 5.56 Å². The van der Waals surface area contributed by atoms with E-state index in [2.05, 4.69) is 4.98 Å². The van der Waals surface area contributed by atoms with Gasteiger partial charge in [0.1, 0.15) is 22.1 Å². The largest absolute Gasteiger partial charge is 0.506 e. The number of benzene rings is 2. The molecule has 0 radical (unpaired) electrons. The third kappa shape index (κ3) is 3.20. The summed E-state index contributed by atoms with van der Waals surface area (Å²) in [6, 6.07) is 16.5. The van der Waals surface area contributed by atoms with E-state index >= 15 is 0 Å². The molecule has 0 aliphatic rings. The molecule has 2 aromatic heterocycles. The number of aromatic amines is 1. The molecule has 0 spiro atoms. The Bertz CT molecular complexity index is 1180. The smallest absolute Gasteiger partial charge is 0.260 e. The van der Waals surface area contributed by atoms with Gasteiger partial charge in [0, 0.05) is 0 Å². The van der Waals surface area contributed by atoms with Gasteiger partial charge < -0.3 is 14.8 Å². The molecule has 0 saturated carbocycles. The van der Waals surface area contributed by atoms with E-state index in [1.165, 1.54) is 11.3 Å². The Hall–Kier alpha value is -2.76. The highest BCUT2D eigenvalue weighted by Crippen LogP contribution is 2.42. The number of fused-ring (bicyclic) bond motifs is 1. The predicted octanol–water partition coefficient (Wildman–Crippen LogP) is 5.97. The third-order valence-corrected chi connectivity index (χ3v) is 5.74. The first-order valence-corrected chi connectivity index (χ1v) is 9.67. The molecule has 0 atom stereocenters. The summed E-state index contributed by atoms with van der Waals surface area (Å²) in [6.45, 7) is 1.96. The van der Waals surface area contributed by atoms with Crippen molar-refractivity contribution < 1.29 is 9.84 Å². The molecule has 0 bridgehead atoms. The Kier molecular flexibility index (Phi) is 4.64. The van der Waals surface area contributed by atoms with Gasteiger partial charge in [-0.05, 0) is 41.8 Å². The first-order chi connectivity index (χ1) is 13.1. The van der Waals surface area contributed by atoms with Gasteiger partial charge in [-0.2, -0.15) is 0 Å². The van der Waals surface area contributed by atoms with Crippen LogP contribution >= 0.6 is 22.9 Å². The van der Waals surface area contributed by atoms with Gasteiger partial charge in [-0.25, -0.2) is 0 Å². The molecule has 2 N–H and O–H groups in total. The molecule has 27 heavy (non-hydrogen) atoms. The monoisotopic (exact) mass is 397 g/mol. The molecule has 2 aromatic carbocycles.